The first-order chi connectivity index (χ1) is 8.89. The number of halogens is 1. The highest BCUT2D eigenvalue weighted by Crippen LogP contribution is 2.38. The van der Waals surface area contributed by atoms with E-state index in [1.807, 2.05) is 20.8 Å². The third kappa shape index (κ3) is 3.30. The lowest BCUT2D eigenvalue weighted by molar-refractivity contribution is -0.384. The fourth-order valence-electron chi connectivity index (χ4n) is 1.49. The lowest BCUT2D eigenvalue weighted by Gasteiger charge is -2.34. The number of thiophene rings is 1. The number of rotatable bonds is 4. The van der Waals surface area contributed by atoms with Gasteiger partial charge >= 0.3 is 0 Å². The minimum atomic E-state index is -3.79. The predicted molar refractivity (Wildman–Crippen MR) is 79.8 cm³/mol. The van der Waals surface area contributed by atoms with Crippen LogP contribution in [-0.4, -0.2) is 30.7 Å². The van der Waals surface area contributed by atoms with Gasteiger partial charge in [-0.1, -0.05) is 32.4 Å². The molecule has 0 amide bonds. The van der Waals surface area contributed by atoms with Gasteiger partial charge in [0.1, 0.15) is 4.21 Å². The Labute approximate surface area is 127 Å². The second-order valence-electron chi connectivity index (χ2n) is 5.54. The molecule has 1 aromatic rings. The van der Waals surface area contributed by atoms with E-state index in [-0.39, 0.29) is 25.7 Å². The molecule has 0 fully saturated rings. The van der Waals surface area contributed by atoms with Crippen molar-refractivity contribution in [1.82, 2.24) is 4.31 Å². The Morgan fingerprint density at radius 2 is 1.95 bits per heavy atom. The second kappa shape index (κ2) is 5.59. The van der Waals surface area contributed by atoms with E-state index in [4.69, 9.17) is 11.6 Å². The van der Waals surface area contributed by atoms with Gasteiger partial charge in [0.2, 0.25) is 0 Å². The molecule has 0 aliphatic carbocycles. The zero-order valence-corrected chi connectivity index (χ0v) is 14.3. The normalized spacial score (nSPS) is 14.6. The largest absolute Gasteiger partial charge is 0.300 e. The van der Waals surface area contributed by atoms with E-state index in [9.17, 15) is 18.5 Å². The Balaban J connectivity index is 3.24. The Morgan fingerprint density at radius 3 is 2.30 bits per heavy atom. The number of nitrogens with zero attached hydrogens (tertiary/aromatic N) is 2. The standard InChI is InChI=1S/C11H17ClN2O4S2/c1-7(11(2,3)4)13(5)20(17,18)9-6-8(14(15)16)10(12)19-9/h6-7H,1-5H3. The van der Waals surface area contributed by atoms with Gasteiger partial charge in [-0.25, -0.2) is 8.42 Å². The maximum absolute atomic E-state index is 12.5. The second-order valence-corrected chi connectivity index (χ2v) is 9.42. The highest BCUT2D eigenvalue weighted by atomic mass is 35.5. The van der Waals surface area contributed by atoms with Crippen LogP contribution in [0.5, 0.6) is 0 Å². The average molecular weight is 341 g/mol. The van der Waals surface area contributed by atoms with Crippen molar-refractivity contribution in [2.24, 2.45) is 5.41 Å². The molecule has 20 heavy (non-hydrogen) atoms. The molecule has 1 atom stereocenters. The van der Waals surface area contributed by atoms with Gasteiger partial charge in [-0.2, -0.15) is 4.31 Å². The van der Waals surface area contributed by atoms with Crippen LogP contribution in [0, 0.1) is 15.5 Å². The van der Waals surface area contributed by atoms with Gasteiger partial charge in [0.15, 0.2) is 4.34 Å². The highest BCUT2D eigenvalue weighted by Gasteiger charge is 2.35. The van der Waals surface area contributed by atoms with E-state index < -0.39 is 14.9 Å². The van der Waals surface area contributed by atoms with Crippen LogP contribution in [0.15, 0.2) is 10.3 Å². The molecule has 9 heteroatoms. The molecule has 0 aliphatic rings. The number of hydrogen-bond acceptors (Lipinski definition) is 5. The molecule has 0 radical (unpaired) electrons. The van der Waals surface area contributed by atoms with Crippen molar-refractivity contribution < 1.29 is 13.3 Å². The van der Waals surface area contributed by atoms with Crippen molar-refractivity contribution >= 4 is 38.6 Å². The quantitative estimate of drug-likeness (QED) is 0.621. The van der Waals surface area contributed by atoms with Crippen molar-refractivity contribution in [2.75, 3.05) is 7.05 Å². The summed E-state index contributed by atoms with van der Waals surface area (Å²) in [6, 6.07) is 0.737. The third-order valence-electron chi connectivity index (χ3n) is 3.27. The molecular weight excluding hydrogens is 324 g/mol. The fraction of sp³-hybridized carbons (Fsp3) is 0.636. The molecule has 0 N–H and O–H groups in total. The van der Waals surface area contributed by atoms with Gasteiger partial charge in [-0.05, 0) is 12.3 Å². The Bertz CT molecular complexity index is 619. The van der Waals surface area contributed by atoms with Gasteiger partial charge in [0, 0.05) is 19.2 Å². The SMILES string of the molecule is CC(N(C)S(=O)(=O)c1cc([N+](=O)[O-])c(Cl)s1)C(C)(C)C. The number of nitro groups is 1. The first-order valence-electron chi connectivity index (χ1n) is 5.80. The van der Waals surface area contributed by atoms with E-state index in [0.717, 1.165) is 6.07 Å². The van der Waals surface area contributed by atoms with Crippen LogP contribution >= 0.6 is 22.9 Å². The molecule has 0 saturated carbocycles. The Kier molecular flexibility index (Phi) is 4.85. The zero-order chi connectivity index (χ0) is 15.9. The Hall–Kier alpha value is -0.700. The van der Waals surface area contributed by atoms with Gasteiger partial charge in [-0.3, -0.25) is 10.1 Å². The van der Waals surface area contributed by atoms with Crippen molar-refractivity contribution in [1.29, 1.82) is 0 Å². The molecule has 0 spiro atoms. The topological polar surface area (TPSA) is 80.5 Å². The van der Waals surface area contributed by atoms with Crippen LogP contribution in [0.2, 0.25) is 4.34 Å². The van der Waals surface area contributed by atoms with Crippen LogP contribution in [0.25, 0.3) is 0 Å². The van der Waals surface area contributed by atoms with Gasteiger partial charge in [-0.15, -0.1) is 11.3 Å². The van der Waals surface area contributed by atoms with E-state index in [1.165, 1.54) is 11.4 Å². The van der Waals surface area contributed by atoms with E-state index in [1.54, 1.807) is 6.92 Å². The molecule has 1 rings (SSSR count). The maximum atomic E-state index is 12.5. The minimum Gasteiger partial charge on any atom is -0.258 e. The summed E-state index contributed by atoms with van der Waals surface area (Å²) in [4.78, 5) is 10.1. The molecular formula is C11H17ClN2O4S2. The highest BCUT2D eigenvalue weighted by molar-refractivity contribution is 7.91. The molecule has 0 bridgehead atoms. The van der Waals surface area contributed by atoms with Crippen LogP contribution in [0.3, 0.4) is 0 Å². The van der Waals surface area contributed by atoms with Crippen molar-refractivity contribution in [2.45, 2.75) is 37.9 Å². The molecule has 114 valence electrons. The van der Waals surface area contributed by atoms with Crippen molar-refractivity contribution in [3.63, 3.8) is 0 Å². The lowest BCUT2D eigenvalue weighted by Crippen LogP contribution is -2.42. The van der Waals surface area contributed by atoms with Gasteiger partial charge in [0.25, 0.3) is 15.7 Å². The zero-order valence-electron chi connectivity index (χ0n) is 11.9. The molecule has 0 saturated heterocycles. The minimum absolute atomic E-state index is 0.118. The summed E-state index contributed by atoms with van der Waals surface area (Å²) in [5.74, 6) is 0. The first kappa shape index (κ1) is 17.4. The molecule has 0 aliphatic heterocycles. The molecule has 1 aromatic heterocycles. The van der Waals surface area contributed by atoms with Gasteiger partial charge in [0.05, 0.1) is 4.92 Å². The van der Waals surface area contributed by atoms with Gasteiger partial charge < -0.3 is 0 Å². The van der Waals surface area contributed by atoms with Crippen LogP contribution < -0.4 is 0 Å². The first-order valence-corrected chi connectivity index (χ1v) is 8.44. The number of hydrogen-bond donors (Lipinski definition) is 0. The monoisotopic (exact) mass is 340 g/mol. The van der Waals surface area contributed by atoms with Crippen LogP contribution in [0.4, 0.5) is 5.69 Å². The summed E-state index contributed by atoms with van der Waals surface area (Å²) in [6.45, 7) is 7.57. The molecule has 1 unspecified atom stereocenters. The van der Waals surface area contributed by atoms with Crippen molar-refractivity contribution in [3.05, 3.63) is 20.5 Å². The van der Waals surface area contributed by atoms with E-state index in [0.29, 0.717) is 11.3 Å². The smallest absolute Gasteiger partial charge is 0.258 e. The maximum Gasteiger partial charge on any atom is 0.300 e. The Morgan fingerprint density at radius 1 is 1.45 bits per heavy atom. The summed E-state index contributed by atoms with van der Waals surface area (Å²) in [7, 11) is -2.33. The molecule has 1 heterocycles. The van der Waals surface area contributed by atoms with Crippen LogP contribution in [-0.2, 0) is 10.0 Å². The predicted octanol–water partition coefficient (Wildman–Crippen LogP) is 3.36. The summed E-state index contributed by atoms with van der Waals surface area (Å²) >= 11 is 6.41. The number of sulfonamides is 1. The van der Waals surface area contributed by atoms with E-state index >= 15 is 0 Å². The van der Waals surface area contributed by atoms with E-state index in [2.05, 4.69) is 0 Å². The fourth-order valence-corrected chi connectivity index (χ4v) is 4.88. The summed E-state index contributed by atoms with van der Waals surface area (Å²) in [5, 5.41) is 10.7. The van der Waals surface area contributed by atoms with Crippen molar-refractivity contribution in [3.8, 4) is 0 Å². The summed E-state index contributed by atoms with van der Waals surface area (Å²) in [5.41, 5.74) is -0.638. The summed E-state index contributed by atoms with van der Waals surface area (Å²) in [6.07, 6.45) is 0. The molecule has 6 nitrogen and oxygen atoms in total. The summed E-state index contributed by atoms with van der Waals surface area (Å²) < 4.78 is 25.9. The lowest BCUT2D eigenvalue weighted by atomic mass is 9.88. The third-order valence-corrected chi connectivity index (χ3v) is 6.99. The average Bonchev–Trinajstić information content (AvgIpc) is 2.68. The van der Waals surface area contributed by atoms with Crippen LogP contribution in [0.1, 0.15) is 27.7 Å². The molecule has 0 aromatic carbocycles.